The average molecular weight is 251 g/mol. The molecular formula is C9H9N5O4. The number of rotatable bonds is 5. The number of carbonyl (C=O) groups is 2. The number of nitrogens with zero attached hydrogens (tertiary/aromatic N) is 4. The molecule has 0 radical (unpaired) electrons. The predicted octanol–water partition coefficient (Wildman–Crippen LogP) is -0.606. The van der Waals surface area contributed by atoms with Gasteiger partial charge >= 0.3 is 5.97 Å². The van der Waals surface area contributed by atoms with Gasteiger partial charge in [0.25, 0.3) is 5.91 Å². The minimum atomic E-state index is -1.15. The lowest BCUT2D eigenvalue weighted by atomic mass is 10.4. The minimum absolute atomic E-state index is 0.111. The molecule has 9 nitrogen and oxygen atoms in total. The van der Waals surface area contributed by atoms with Crippen molar-refractivity contribution in [3.8, 4) is 0 Å². The van der Waals surface area contributed by atoms with Crippen LogP contribution in [0.2, 0.25) is 0 Å². The highest BCUT2D eigenvalue weighted by molar-refractivity contribution is 5.91. The van der Waals surface area contributed by atoms with Crippen molar-refractivity contribution in [2.45, 2.75) is 6.54 Å². The van der Waals surface area contributed by atoms with Crippen LogP contribution in [-0.2, 0) is 6.54 Å². The standard InChI is InChI=1S/C9H9N5O4/c15-8(7-1-2-11-18-7)10-3-4-14-5-6(9(16)17)12-13-14/h1-2,5H,3-4H2,(H,10,15)(H,16,17). The number of aromatic nitrogens is 4. The topological polar surface area (TPSA) is 123 Å². The number of carboxylic acids is 1. The van der Waals surface area contributed by atoms with Gasteiger partial charge in [0, 0.05) is 12.6 Å². The molecule has 0 aliphatic carbocycles. The molecule has 2 aromatic heterocycles. The summed E-state index contributed by atoms with van der Waals surface area (Å²) in [4.78, 5) is 22.0. The van der Waals surface area contributed by atoms with Crippen LogP contribution < -0.4 is 5.32 Å². The lowest BCUT2D eigenvalue weighted by Crippen LogP contribution is -2.27. The number of amides is 1. The van der Waals surface area contributed by atoms with Gasteiger partial charge in [-0.25, -0.2) is 9.48 Å². The first kappa shape index (κ1) is 11.8. The molecule has 2 N–H and O–H groups in total. The fourth-order valence-electron chi connectivity index (χ4n) is 1.21. The van der Waals surface area contributed by atoms with Crippen molar-refractivity contribution in [3.63, 3.8) is 0 Å². The number of hydrogen-bond acceptors (Lipinski definition) is 6. The van der Waals surface area contributed by atoms with Gasteiger partial charge in [0.1, 0.15) is 0 Å². The van der Waals surface area contributed by atoms with Gasteiger partial charge in [-0.3, -0.25) is 4.79 Å². The van der Waals surface area contributed by atoms with Gasteiger partial charge < -0.3 is 14.9 Å². The molecule has 0 atom stereocenters. The van der Waals surface area contributed by atoms with Crippen LogP contribution in [0.4, 0.5) is 0 Å². The van der Waals surface area contributed by atoms with E-state index in [1.54, 1.807) is 0 Å². The largest absolute Gasteiger partial charge is 0.476 e. The Morgan fingerprint density at radius 3 is 2.94 bits per heavy atom. The maximum atomic E-state index is 11.4. The zero-order chi connectivity index (χ0) is 13.0. The third-order valence-electron chi connectivity index (χ3n) is 2.05. The molecule has 94 valence electrons. The van der Waals surface area contributed by atoms with E-state index >= 15 is 0 Å². The van der Waals surface area contributed by atoms with Crippen molar-refractivity contribution < 1.29 is 19.2 Å². The van der Waals surface area contributed by atoms with Crippen LogP contribution in [0, 0.1) is 0 Å². The van der Waals surface area contributed by atoms with E-state index in [0.29, 0.717) is 6.54 Å². The first-order valence-corrected chi connectivity index (χ1v) is 4.99. The third-order valence-corrected chi connectivity index (χ3v) is 2.05. The number of carbonyl (C=O) groups excluding carboxylic acids is 1. The van der Waals surface area contributed by atoms with Gasteiger partial charge in [0.05, 0.1) is 18.9 Å². The third kappa shape index (κ3) is 2.70. The molecule has 0 unspecified atom stereocenters. The quantitative estimate of drug-likeness (QED) is 0.726. The summed E-state index contributed by atoms with van der Waals surface area (Å²) in [7, 11) is 0. The summed E-state index contributed by atoms with van der Waals surface area (Å²) in [6.45, 7) is 0.572. The molecule has 0 aliphatic heterocycles. The highest BCUT2D eigenvalue weighted by atomic mass is 16.5. The second-order valence-electron chi connectivity index (χ2n) is 3.30. The molecule has 2 aromatic rings. The molecule has 0 saturated carbocycles. The fourth-order valence-corrected chi connectivity index (χ4v) is 1.21. The summed E-state index contributed by atoms with van der Waals surface area (Å²) in [5.74, 6) is -1.43. The van der Waals surface area contributed by atoms with Crippen LogP contribution in [0.25, 0.3) is 0 Å². The van der Waals surface area contributed by atoms with Gasteiger partial charge in [-0.2, -0.15) is 0 Å². The van der Waals surface area contributed by atoms with E-state index in [0.717, 1.165) is 0 Å². The van der Waals surface area contributed by atoms with Crippen LogP contribution in [-0.4, -0.2) is 43.7 Å². The molecule has 0 bridgehead atoms. The Kier molecular flexibility index (Phi) is 3.32. The van der Waals surface area contributed by atoms with Gasteiger partial charge in [0.2, 0.25) is 5.76 Å². The normalized spacial score (nSPS) is 10.2. The zero-order valence-corrected chi connectivity index (χ0v) is 9.11. The Hall–Kier alpha value is -2.71. The van der Waals surface area contributed by atoms with Gasteiger partial charge in [-0.15, -0.1) is 5.10 Å². The van der Waals surface area contributed by atoms with Crippen LogP contribution in [0.15, 0.2) is 23.0 Å². The van der Waals surface area contributed by atoms with E-state index < -0.39 is 11.9 Å². The van der Waals surface area contributed by atoms with Crippen molar-refractivity contribution in [1.82, 2.24) is 25.5 Å². The molecule has 2 heterocycles. The Morgan fingerprint density at radius 2 is 2.33 bits per heavy atom. The lowest BCUT2D eigenvalue weighted by Gasteiger charge is -2.01. The molecule has 0 aliphatic rings. The lowest BCUT2D eigenvalue weighted by molar-refractivity contribution is 0.0690. The fraction of sp³-hybridized carbons (Fsp3) is 0.222. The zero-order valence-electron chi connectivity index (χ0n) is 9.11. The molecular weight excluding hydrogens is 242 g/mol. The van der Waals surface area contributed by atoms with Crippen molar-refractivity contribution in [1.29, 1.82) is 0 Å². The summed E-state index contributed by atoms with van der Waals surface area (Å²) >= 11 is 0. The van der Waals surface area contributed by atoms with E-state index in [9.17, 15) is 9.59 Å². The predicted molar refractivity (Wildman–Crippen MR) is 55.8 cm³/mol. The SMILES string of the molecule is O=C(O)c1cn(CCNC(=O)c2ccno2)nn1. The molecule has 1 amide bonds. The van der Waals surface area contributed by atoms with Gasteiger partial charge in [-0.1, -0.05) is 10.4 Å². The maximum absolute atomic E-state index is 11.4. The second kappa shape index (κ2) is 5.08. The number of carboxylic acid groups (broad SMARTS) is 1. The van der Waals surface area contributed by atoms with Crippen molar-refractivity contribution >= 4 is 11.9 Å². The molecule has 0 saturated heterocycles. The van der Waals surface area contributed by atoms with Gasteiger partial charge in [-0.05, 0) is 0 Å². The smallest absolute Gasteiger partial charge is 0.358 e. The Balaban J connectivity index is 1.81. The number of aromatic carboxylic acids is 1. The summed E-state index contributed by atoms with van der Waals surface area (Å²) in [5.41, 5.74) is -0.142. The summed E-state index contributed by atoms with van der Waals surface area (Å²) in [5, 5.41) is 21.6. The highest BCUT2D eigenvalue weighted by Crippen LogP contribution is 1.96. The summed E-state index contributed by atoms with van der Waals surface area (Å²) in [6, 6.07) is 1.44. The van der Waals surface area contributed by atoms with Crippen molar-refractivity contribution in [2.75, 3.05) is 6.54 Å². The molecule has 9 heteroatoms. The van der Waals surface area contributed by atoms with E-state index in [4.69, 9.17) is 5.11 Å². The number of nitrogens with one attached hydrogen (secondary N) is 1. The van der Waals surface area contributed by atoms with E-state index in [-0.39, 0.29) is 18.0 Å². The summed E-state index contributed by atoms with van der Waals surface area (Å²) in [6.07, 6.45) is 2.65. The Morgan fingerprint density at radius 1 is 1.50 bits per heavy atom. The van der Waals surface area contributed by atoms with Crippen LogP contribution >= 0.6 is 0 Å². The Bertz CT molecular complexity index is 547. The molecule has 0 spiro atoms. The second-order valence-corrected chi connectivity index (χ2v) is 3.30. The monoisotopic (exact) mass is 251 g/mol. The molecule has 0 aromatic carbocycles. The first-order chi connectivity index (χ1) is 8.66. The van der Waals surface area contributed by atoms with Crippen molar-refractivity contribution in [2.24, 2.45) is 0 Å². The van der Waals surface area contributed by atoms with Crippen LogP contribution in [0.5, 0.6) is 0 Å². The number of hydrogen-bond donors (Lipinski definition) is 2. The highest BCUT2D eigenvalue weighted by Gasteiger charge is 2.10. The van der Waals surface area contributed by atoms with Crippen LogP contribution in [0.1, 0.15) is 21.0 Å². The minimum Gasteiger partial charge on any atom is -0.476 e. The maximum Gasteiger partial charge on any atom is 0.358 e. The molecule has 2 rings (SSSR count). The first-order valence-electron chi connectivity index (χ1n) is 4.99. The van der Waals surface area contributed by atoms with E-state index in [1.165, 1.54) is 23.1 Å². The van der Waals surface area contributed by atoms with Crippen molar-refractivity contribution in [3.05, 3.63) is 29.9 Å². The average Bonchev–Trinajstić information content (AvgIpc) is 3.00. The van der Waals surface area contributed by atoms with Crippen LogP contribution in [0.3, 0.4) is 0 Å². The summed E-state index contributed by atoms with van der Waals surface area (Å²) < 4.78 is 5.98. The molecule has 0 fully saturated rings. The van der Waals surface area contributed by atoms with E-state index in [1.807, 2.05) is 0 Å². The van der Waals surface area contributed by atoms with Gasteiger partial charge in [0.15, 0.2) is 5.69 Å². The van der Waals surface area contributed by atoms with E-state index in [2.05, 4.69) is 25.3 Å². The Labute approximate surface area is 100 Å². The molecule has 18 heavy (non-hydrogen) atoms.